The van der Waals surface area contributed by atoms with E-state index in [1.807, 2.05) is 23.8 Å². The Labute approximate surface area is 252 Å². The van der Waals surface area contributed by atoms with Gasteiger partial charge in [0.25, 0.3) is 11.5 Å². The first-order valence-electron chi connectivity index (χ1n) is 14.1. The maximum absolute atomic E-state index is 13.9. The number of anilines is 1. The lowest BCUT2D eigenvalue weighted by Crippen LogP contribution is -2.32. The van der Waals surface area contributed by atoms with Crippen molar-refractivity contribution in [3.05, 3.63) is 106 Å². The number of nitrogens with one attached hydrogen (secondary N) is 1. The molecule has 0 fully saturated rings. The number of halogens is 2. The molecule has 0 saturated carbocycles. The van der Waals surface area contributed by atoms with Gasteiger partial charge in [-0.3, -0.25) is 28.3 Å². The van der Waals surface area contributed by atoms with Crippen molar-refractivity contribution in [1.29, 1.82) is 0 Å². The number of aryl methyl sites for hydroxylation is 1. The van der Waals surface area contributed by atoms with Gasteiger partial charge in [0.15, 0.2) is 5.82 Å². The van der Waals surface area contributed by atoms with Gasteiger partial charge in [-0.25, -0.2) is 9.37 Å². The predicted molar refractivity (Wildman–Crippen MR) is 165 cm³/mol. The van der Waals surface area contributed by atoms with Gasteiger partial charge in [-0.15, -0.1) is 0 Å². The summed E-state index contributed by atoms with van der Waals surface area (Å²) in [7, 11) is 3.30. The van der Waals surface area contributed by atoms with E-state index in [4.69, 9.17) is 0 Å². The topological polar surface area (TPSA) is 102 Å². The minimum Gasteiger partial charge on any atom is -0.345 e. The highest BCUT2D eigenvalue weighted by atomic mass is 19.1. The van der Waals surface area contributed by atoms with E-state index in [0.717, 1.165) is 16.5 Å². The van der Waals surface area contributed by atoms with E-state index < -0.39 is 24.1 Å². The quantitative estimate of drug-likeness (QED) is 0.246. The molecule has 0 aliphatic heterocycles. The number of rotatable bonds is 9. The summed E-state index contributed by atoms with van der Waals surface area (Å²) in [6.45, 7) is 2.77. The average Bonchev–Trinajstić information content (AvgIpc) is 3.34. The Morgan fingerprint density at radius 3 is 2.59 bits per heavy atom. The SMILES string of the molecule is CC[C@@H](CF)C(=O)Nc1ncc(-c2cccc(C(=O)N(C)C)c2)n(Cc2cncc(-n3cc(C)c4cc(F)ccc43)c2)c1=O. The molecule has 0 bridgehead atoms. The third-order valence-corrected chi connectivity index (χ3v) is 7.52. The van der Waals surface area contributed by atoms with Gasteiger partial charge in [0.05, 0.1) is 41.8 Å². The molecule has 226 valence electrons. The number of benzene rings is 2. The van der Waals surface area contributed by atoms with Crippen molar-refractivity contribution < 1.29 is 18.4 Å². The van der Waals surface area contributed by atoms with Crippen LogP contribution in [0.2, 0.25) is 0 Å². The summed E-state index contributed by atoms with van der Waals surface area (Å²) >= 11 is 0. The molecule has 0 radical (unpaired) electrons. The lowest BCUT2D eigenvalue weighted by molar-refractivity contribution is -0.120. The minimum atomic E-state index is -0.910. The maximum atomic E-state index is 13.9. The fourth-order valence-corrected chi connectivity index (χ4v) is 5.07. The number of carbonyl (C=O) groups excluding carboxylic acids is 2. The highest BCUT2D eigenvalue weighted by Crippen LogP contribution is 2.26. The van der Waals surface area contributed by atoms with Crippen LogP contribution < -0.4 is 10.9 Å². The fourth-order valence-electron chi connectivity index (χ4n) is 5.07. The summed E-state index contributed by atoms with van der Waals surface area (Å²) in [5.41, 5.74) is 3.85. The molecule has 3 heterocycles. The van der Waals surface area contributed by atoms with E-state index in [2.05, 4.69) is 15.3 Å². The first kappa shape index (κ1) is 30.3. The summed E-state index contributed by atoms with van der Waals surface area (Å²) in [5, 5.41) is 3.26. The van der Waals surface area contributed by atoms with Gasteiger partial charge in [-0.1, -0.05) is 19.1 Å². The van der Waals surface area contributed by atoms with E-state index >= 15 is 0 Å². The number of aromatic nitrogens is 4. The van der Waals surface area contributed by atoms with Crippen LogP contribution in [0.4, 0.5) is 14.6 Å². The molecular formula is C33H32F2N6O3. The summed E-state index contributed by atoms with van der Waals surface area (Å²) < 4.78 is 30.7. The minimum absolute atomic E-state index is 0.0411. The maximum Gasteiger partial charge on any atom is 0.294 e. The van der Waals surface area contributed by atoms with E-state index in [1.165, 1.54) is 27.8 Å². The van der Waals surface area contributed by atoms with Crippen molar-refractivity contribution in [2.24, 2.45) is 5.92 Å². The van der Waals surface area contributed by atoms with Crippen molar-refractivity contribution in [3.8, 4) is 16.9 Å². The molecule has 2 amide bonds. The van der Waals surface area contributed by atoms with Gasteiger partial charge in [0.2, 0.25) is 5.91 Å². The number of fused-ring (bicyclic) bond motifs is 1. The first-order chi connectivity index (χ1) is 21.1. The Balaban J connectivity index is 1.60. The van der Waals surface area contributed by atoms with E-state index in [-0.39, 0.29) is 30.5 Å². The lowest BCUT2D eigenvalue weighted by Gasteiger charge is -2.17. The largest absolute Gasteiger partial charge is 0.345 e. The van der Waals surface area contributed by atoms with Crippen molar-refractivity contribution in [2.75, 3.05) is 26.1 Å². The van der Waals surface area contributed by atoms with Gasteiger partial charge in [0, 0.05) is 43.0 Å². The molecule has 1 N–H and O–H groups in total. The highest BCUT2D eigenvalue weighted by molar-refractivity contribution is 5.95. The molecule has 11 heteroatoms. The molecule has 1 atom stereocenters. The number of hydrogen-bond acceptors (Lipinski definition) is 5. The van der Waals surface area contributed by atoms with E-state index in [9.17, 15) is 23.2 Å². The van der Waals surface area contributed by atoms with Gasteiger partial charge in [-0.05, 0) is 60.9 Å². The van der Waals surface area contributed by atoms with Crippen LogP contribution in [0.3, 0.4) is 0 Å². The van der Waals surface area contributed by atoms with Gasteiger partial charge >= 0.3 is 0 Å². The predicted octanol–water partition coefficient (Wildman–Crippen LogP) is 5.38. The molecule has 0 spiro atoms. The van der Waals surface area contributed by atoms with Crippen LogP contribution in [-0.4, -0.2) is 56.6 Å². The Morgan fingerprint density at radius 1 is 1.07 bits per heavy atom. The summed E-state index contributed by atoms with van der Waals surface area (Å²) in [5.74, 6) is -2.31. The average molecular weight is 599 g/mol. The molecule has 0 aliphatic carbocycles. The number of nitrogens with zero attached hydrogens (tertiary/aromatic N) is 5. The molecule has 5 aromatic rings. The van der Waals surface area contributed by atoms with Crippen LogP contribution in [0.1, 0.15) is 34.8 Å². The monoisotopic (exact) mass is 598 g/mol. The zero-order chi connectivity index (χ0) is 31.5. The normalized spacial score (nSPS) is 11.9. The number of carbonyl (C=O) groups is 2. The summed E-state index contributed by atoms with van der Waals surface area (Å²) in [6, 6.07) is 13.3. The Morgan fingerprint density at radius 2 is 1.86 bits per heavy atom. The summed E-state index contributed by atoms with van der Waals surface area (Å²) in [6.07, 6.45) is 6.90. The van der Waals surface area contributed by atoms with Crippen LogP contribution >= 0.6 is 0 Å². The van der Waals surface area contributed by atoms with Crippen LogP contribution in [0.5, 0.6) is 0 Å². The molecule has 0 aliphatic rings. The highest BCUT2D eigenvalue weighted by Gasteiger charge is 2.21. The number of amides is 2. The van der Waals surface area contributed by atoms with Crippen LogP contribution in [-0.2, 0) is 11.3 Å². The smallest absolute Gasteiger partial charge is 0.294 e. The van der Waals surface area contributed by atoms with Crippen molar-refractivity contribution in [1.82, 2.24) is 24.0 Å². The zero-order valence-electron chi connectivity index (χ0n) is 24.8. The molecule has 9 nitrogen and oxygen atoms in total. The summed E-state index contributed by atoms with van der Waals surface area (Å²) in [4.78, 5) is 49.3. The third kappa shape index (κ3) is 5.98. The third-order valence-electron chi connectivity index (χ3n) is 7.52. The number of hydrogen-bond donors (Lipinski definition) is 1. The number of alkyl halides is 1. The Hall–Kier alpha value is -5.19. The Kier molecular flexibility index (Phi) is 8.66. The molecule has 2 aromatic carbocycles. The standard InChI is InChI=1S/C33H32F2N6O3/c1-5-22(14-34)31(42)38-30-33(44)41(29(17-37-30)23-7-6-8-24(12-23)32(43)39(3)4)19-21-11-26(16-36-15-21)40-18-20(2)27-13-25(35)9-10-28(27)40/h6-13,15-18,22H,5,14,19H2,1-4H3,(H,37,38,42)/t22-/m0/s1. The van der Waals surface area contributed by atoms with E-state index in [1.54, 1.807) is 63.7 Å². The molecule has 0 saturated heterocycles. The molecule has 5 rings (SSSR count). The van der Waals surface area contributed by atoms with Crippen LogP contribution in [0.25, 0.3) is 27.8 Å². The fraction of sp³-hybridized carbons (Fsp3) is 0.242. The first-order valence-corrected chi connectivity index (χ1v) is 14.1. The van der Waals surface area contributed by atoms with Gasteiger partial charge in [-0.2, -0.15) is 0 Å². The second kappa shape index (κ2) is 12.6. The molecule has 44 heavy (non-hydrogen) atoms. The Bertz CT molecular complexity index is 1930. The zero-order valence-corrected chi connectivity index (χ0v) is 24.8. The number of pyridine rings is 1. The molecular weight excluding hydrogens is 566 g/mol. The second-order valence-electron chi connectivity index (χ2n) is 10.8. The van der Waals surface area contributed by atoms with Crippen LogP contribution in [0.15, 0.2) is 78.1 Å². The lowest BCUT2D eigenvalue weighted by atomic mass is 10.1. The van der Waals surface area contributed by atoms with Crippen molar-refractivity contribution in [3.63, 3.8) is 0 Å². The van der Waals surface area contributed by atoms with Gasteiger partial charge < -0.3 is 14.8 Å². The van der Waals surface area contributed by atoms with Crippen LogP contribution in [0, 0.1) is 18.7 Å². The van der Waals surface area contributed by atoms with Gasteiger partial charge in [0.1, 0.15) is 12.5 Å². The second-order valence-corrected chi connectivity index (χ2v) is 10.8. The molecule has 0 unspecified atom stereocenters. The van der Waals surface area contributed by atoms with E-state index in [0.29, 0.717) is 28.1 Å². The van der Waals surface area contributed by atoms with Crippen molar-refractivity contribution >= 4 is 28.5 Å². The molecule has 3 aromatic heterocycles. The van der Waals surface area contributed by atoms with Crippen molar-refractivity contribution in [2.45, 2.75) is 26.8 Å².